The van der Waals surface area contributed by atoms with Gasteiger partial charge in [-0.25, -0.2) is 0 Å². The predicted molar refractivity (Wildman–Crippen MR) is 54.0 cm³/mol. The molecule has 0 radical (unpaired) electrons. The zero-order chi connectivity index (χ0) is 8.97. The summed E-state index contributed by atoms with van der Waals surface area (Å²) in [5.41, 5.74) is 3.13. The van der Waals surface area contributed by atoms with Crippen LogP contribution in [0.25, 0.3) is 0 Å². The van der Waals surface area contributed by atoms with E-state index < -0.39 is 0 Å². The molecule has 0 spiro atoms. The Morgan fingerprint density at radius 2 is 2.33 bits per heavy atom. The largest absolute Gasteiger partial charge is 0.286 e. The monoisotopic (exact) mass is 162 g/mol. The molecule has 0 N–H and O–H groups in total. The van der Waals surface area contributed by atoms with Gasteiger partial charge in [0.15, 0.2) is 0 Å². The summed E-state index contributed by atoms with van der Waals surface area (Å²) in [6.45, 7) is 4.12. The van der Waals surface area contributed by atoms with Gasteiger partial charge in [-0.15, -0.1) is 0 Å². The number of aliphatic imine (C=N–C) groups is 2. The molecule has 1 aliphatic rings. The Labute approximate surface area is 73.4 Å². The minimum absolute atomic E-state index is 0.983. The molecule has 12 heavy (non-hydrogen) atoms. The van der Waals surface area contributed by atoms with E-state index in [9.17, 15) is 0 Å². The third kappa shape index (κ3) is 1.91. The van der Waals surface area contributed by atoms with Crippen LogP contribution >= 0.6 is 0 Å². The molecule has 0 fully saturated rings. The van der Waals surface area contributed by atoms with Gasteiger partial charge in [-0.05, 0) is 25.0 Å². The lowest BCUT2D eigenvalue weighted by Crippen LogP contribution is -2.04. The third-order valence-electron chi connectivity index (χ3n) is 1.67. The Balaban J connectivity index is 2.96. The standard InChI is InChI=1S/C10H14N2/c1-4-5-9-10(11-3)6-8(2)7-12-9/h5-7H,4H2,1-3H3/b9-5+,11-10?. The van der Waals surface area contributed by atoms with Crippen LogP contribution in [0.1, 0.15) is 20.3 Å². The summed E-state index contributed by atoms with van der Waals surface area (Å²) < 4.78 is 0. The fourth-order valence-corrected chi connectivity index (χ4v) is 1.09. The molecule has 64 valence electrons. The summed E-state index contributed by atoms with van der Waals surface area (Å²) in [6, 6.07) is 0. The lowest BCUT2D eigenvalue weighted by Gasteiger charge is -2.07. The molecule has 0 amide bonds. The van der Waals surface area contributed by atoms with Crippen LogP contribution in [0.5, 0.6) is 0 Å². The highest BCUT2D eigenvalue weighted by Gasteiger charge is 2.05. The molecule has 1 rings (SSSR count). The first kappa shape index (κ1) is 8.91. The van der Waals surface area contributed by atoms with Gasteiger partial charge >= 0.3 is 0 Å². The van der Waals surface area contributed by atoms with Crippen LogP contribution in [-0.4, -0.2) is 19.0 Å². The number of nitrogens with zero attached hydrogens (tertiary/aromatic N) is 2. The summed E-state index contributed by atoms with van der Waals surface area (Å²) >= 11 is 0. The maximum Gasteiger partial charge on any atom is 0.0841 e. The Hall–Kier alpha value is -1.18. The van der Waals surface area contributed by atoms with Crippen LogP contribution < -0.4 is 0 Å². The molecule has 0 saturated carbocycles. The summed E-state index contributed by atoms with van der Waals surface area (Å²) in [7, 11) is 1.80. The van der Waals surface area contributed by atoms with E-state index in [2.05, 4.69) is 29.1 Å². The molecule has 0 unspecified atom stereocenters. The van der Waals surface area contributed by atoms with Crippen molar-refractivity contribution in [2.24, 2.45) is 9.98 Å². The first-order valence-corrected chi connectivity index (χ1v) is 4.17. The van der Waals surface area contributed by atoms with Gasteiger partial charge in [0.25, 0.3) is 0 Å². The van der Waals surface area contributed by atoms with E-state index in [4.69, 9.17) is 0 Å². The second-order valence-corrected chi connectivity index (χ2v) is 2.75. The maximum atomic E-state index is 4.29. The number of hydrogen-bond donors (Lipinski definition) is 0. The van der Waals surface area contributed by atoms with Crippen LogP contribution in [0, 0.1) is 0 Å². The van der Waals surface area contributed by atoms with Crippen LogP contribution in [0.3, 0.4) is 0 Å². The molecule has 0 bridgehead atoms. The zero-order valence-electron chi connectivity index (χ0n) is 7.83. The lowest BCUT2D eigenvalue weighted by atomic mass is 10.1. The molecule has 0 aromatic heterocycles. The highest BCUT2D eigenvalue weighted by molar-refractivity contribution is 6.13. The molecule has 1 aliphatic heterocycles. The van der Waals surface area contributed by atoms with E-state index in [0.717, 1.165) is 23.4 Å². The zero-order valence-corrected chi connectivity index (χ0v) is 7.83. The van der Waals surface area contributed by atoms with Gasteiger partial charge < -0.3 is 0 Å². The van der Waals surface area contributed by atoms with E-state index in [0.29, 0.717) is 0 Å². The second kappa shape index (κ2) is 4.00. The van der Waals surface area contributed by atoms with Crippen LogP contribution in [0.4, 0.5) is 0 Å². The molecule has 0 aliphatic carbocycles. The summed E-state index contributed by atoms with van der Waals surface area (Å²) in [5, 5.41) is 0. The number of dihydropyridines is 1. The lowest BCUT2D eigenvalue weighted by molar-refractivity contribution is 1.19. The third-order valence-corrected chi connectivity index (χ3v) is 1.67. The fourth-order valence-electron chi connectivity index (χ4n) is 1.09. The SMILES string of the molecule is CC/C=C1/N=CC(C)=CC1=NC. The summed E-state index contributed by atoms with van der Waals surface area (Å²) in [4.78, 5) is 8.45. The normalized spacial score (nSPS) is 23.4. The minimum atomic E-state index is 0.983. The van der Waals surface area contributed by atoms with Crippen molar-refractivity contribution in [1.82, 2.24) is 0 Å². The predicted octanol–water partition coefficient (Wildman–Crippen LogP) is 2.38. The maximum absolute atomic E-state index is 4.29. The number of rotatable bonds is 1. The molecule has 0 aromatic rings. The van der Waals surface area contributed by atoms with Crippen LogP contribution in [-0.2, 0) is 0 Å². The van der Waals surface area contributed by atoms with Gasteiger partial charge in [0, 0.05) is 13.3 Å². The fraction of sp³-hybridized carbons (Fsp3) is 0.400. The first-order valence-electron chi connectivity index (χ1n) is 4.17. The number of allylic oxidation sites excluding steroid dienone is 3. The Morgan fingerprint density at radius 1 is 1.58 bits per heavy atom. The molecule has 2 nitrogen and oxygen atoms in total. The van der Waals surface area contributed by atoms with Crippen molar-refractivity contribution < 1.29 is 0 Å². The molecule has 2 heteroatoms. The van der Waals surface area contributed by atoms with Crippen molar-refractivity contribution >= 4 is 11.9 Å². The highest BCUT2D eigenvalue weighted by Crippen LogP contribution is 2.10. The van der Waals surface area contributed by atoms with Gasteiger partial charge in [-0.1, -0.05) is 13.0 Å². The van der Waals surface area contributed by atoms with Gasteiger partial charge in [-0.3, -0.25) is 9.98 Å². The smallest absolute Gasteiger partial charge is 0.0841 e. The molecule has 0 atom stereocenters. The minimum Gasteiger partial charge on any atom is -0.286 e. The molecular weight excluding hydrogens is 148 g/mol. The highest BCUT2D eigenvalue weighted by atomic mass is 14.8. The van der Waals surface area contributed by atoms with E-state index >= 15 is 0 Å². The average molecular weight is 162 g/mol. The van der Waals surface area contributed by atoms with E-state index in [1.165, 1.54) is 0 Å². The molecule has 0 aromatic carbocycles. The second-order valence-electron chi connectivity index (χ2n) is 2.75. The van der Waals surface area contributed by atoms with Gasteiger partial charge in [-0.2, -0.15) is 0 Å². The van der Waals surface area contributed by atoms with Crippen molar-refractivity contribution in [2.75, 3.05) is 7.05 Å². The first-order chi connectivity index (χ1) is 5.77. The molecule has 0 saturated heterocycles. The summed E-state index contributed by atoms with van der Waals surface area (Å²) in [5.74, 6) is 0. The molecular formula is C10H14N2. The van der Waals surface area contributed by atoms with Crippen molar-refractivity contribution in [3.63, 3.8) is 0 Å². The number of hydrogen-bond acceptors (Lipinski definition) is 2. The average Bonchev–Trinajstić information content (AvgIpc) is 2.08. The van der Waals surface area contributed by atoms with Crippen molar-refractivity contribution in [2.45, 2.75) is 20.3 Å². The van der Waals surface area contributed by atoms with Crippen molar-refractivity contribution in [1.29, 1.82) is 0 Å². The van der Waals surface area contributed by atoms with Crippen LogP contribution in [0.2, 0.25) is 0 Å². The molecule has 1 heterocycles. The van der Waals surface area contributed by atoms with Gasteiger partial charge in [0.05, 0.1) is 11.4 Å². The van der Waals surface area contributed by atoms with E-state index in [-0.39, 0.29) is 0 Å². The van der Waals surface area contributed by atoms with Crippen molar-refractivity contribution in [3.8, 4) is 0 Å². The van der Waals surface area contributed by atoms with Crippen LogP contribution in [0.15, 0.2) is 33.4 Å². The van der Waals surface area contributed by atoms with E-state index in [1.807, 2.05) is 13.1 Å². The van der Waals surface area contributed by atoms with Gasteiger partial charge in [0.1, 0.15) is 0 Å². The quantitative estimate of drug-likeness (QED) is 0.565. The summed E-state index contributed by atoms with van der Waals surface area (Å²) in [6.07, 6.45) is 7.00. The van der Waals surface area contributed by atoms with E-state index in [1.54, 1.807) is 7.05 Å². The Morgan fingerprint density at radius 3 is 2.92 bits per heavy atom. The van der Waals surface area contributed by atoms with Crippen molar-refractivity contribution in [3.05, 3.63) is 23.4 Å². The topological polar surface area (TPSA) is 24.7 Å². The Kier molecular flexibility index (Phi) is 2.97. The van der Waals surface area contributed by atoms with Gasteiger partial charge in [0.2, 0.25) is 0 Å². The Bertz CT molecular complexity index is 280.